The number of nitrogens with one attached hydrogen (secondary N) is 2. The van der Waals surface area contributed by atoms with Crippen molar-refractivity contribution in [1.29, 1.82) is 0 Å². The number of amides is 1. The summed E-state index contributed by atoms with van der Waals surface area (Å²) in [5.41, 5.74) is 7.23. The molecule has 0 radical (unpaired) electrons. The van der Waals surface area contributed by atoms with Crippen molar-refractivity contribution in [2.75, 3.05) is 12.3 Å². The molecule has 0 unspecified atom stereocenters. The number of anilines is 1. The van der Waals surface area contributed by atoms with Gasteiger partial charge < -0.3 is 15.8 Å². The number of hydrogen-bond donors (Lipinski definition) is 3. The van der Waals surface area contributed by atoms with E-state index >= 15 is 0 Å². The molecule has 1 aromatic carbocycles. The fourth-order valence-corrected chi connectivity index (χ4v) is 1.53. The smallest absolute Gasteiger partial charge is 0.223 e. The molecule has 0 spiro atoms. The van der Waals surface area contributed by atoms with Crippen molar-refractivity contribution in [3.63, 3.8) is 0 Å². The number of benzene rings is 1. The number of para-hydroxylation sites is 2. The maximum atomic E-state index is 11.6. The number of hydrogen-bond acceptors (Lipinski definition) is 4. The van der Waals surface area contributed by atoms with Crippen molar-refractivity contribution in [3.8, 4) is 5.75 Å². The lowest BCUT2D eigenvalue weighted by molar-refractivity contribution is -0.121. The third-order valence-corrected chi connectivity index (χ3v) is 2.55. The highest BCUT2D eigenvalue weighted by atomic mass is 16.5. The highest BCUT2D eigenvalue weighted by molar-refractivity contribution is 5.76. The standard InChI is InChI=1S/C13H16N4O2/c14-11-3-1-2-4-12(11)19-6-5-13(18)15-7-10-8-16-17-9-10/h1-4,8-9H,5-7,14H2,(H,15,18)(H,16,17). The van der Waals surface area contributed by atoms with Crippen molar-refractivity contribution in [1.82, 2.24) is 15.5 Å². The monoisotopic (exact) mass is 260 g/mol. The van der Waals surface area contributed by atoms with E-state index in [-0.39, 0.29) is 12.3 Å². The zero-order valence-corrected chi connectivity index (χ0v) is 10.4. The van der Waals surface area contributed by atoms with Crippen LogP contribution in [-0.2, 0) is 11.3 Å². The molecule has 100 valence electrons. The second-order valence-electron chi connectivity index (χ2n) is 4.02. The molecule has 0 atom stereocenters. The minimum atomic E-state index is -0.0734. The number of rotatable bonds is 6. The van der Waals surface area contributed by atoms with Gasteiger partial charge in [0.25, 0.3) is 0 Å². The van der Waals surface area contributed by atoms with Crippen LogP contribution in [0.25, 0.3) is 0 Å². The normalized spacial score (nSPS) is 10.1. The Bertz CT molecular complexity index is 525. The maximum Gasteiger partial charge on any atom is 0.223 e. The summed E-state index contributed by atoms with van der Waals surface area (Å²) in [6, 6.07) is 7.21. The van der Waals surface area contributed by atoms with E-state index in [0.29, 0.717) is 24.6 Å². The van der Waals surface area contributed by atoms with Gasteiger partial charge in [-0.05, 0) is 12.1 Å². The third-order valence-electron chi connectivity index (χ3n) is 2.55. The van der Waals surface area contributed by atoms with Gasteiger partial charge in [0, 0.05) is 18.3 Å². The van der Waals surface area contributed by atoms with Crippen LogP contribution < -0.4 is 15.8 Å². The molecule has 0 bridgehead atoms. The number of nitrogens with two attached hydrogens (primary N) is 1. The zero-order chi connectivity index (χ0) is 13.5. The molecule has 0 saturated carbocycles. The summed E-state index contributed by atoms with van der Waals surface area (Å²) in [6.45, 7) is 0.758. The maximum absolute atomic E-state index is 11.6. The van der Waals surface area contributed by atoms with Gasteiger partial charge in [-0.3, -0.25) is 9.89 Å². The van der Waals surface area contributed by atoms with Gasteiger partial charge in [0.05, 0.1) is 24.9 Å². The van der Waals surface area contributed by atoms with Gasteiger partial charge in [-0.2, -0.15) is 5.10 Å². The molecule has 6 nitrogen and oxygen atoms in total. The topological polar surface area (TPSA) is 93.0 Å². The average Bonchev–Trinajstić information content (AvgIpc) is 2.92. The molecule has 0 aliphatic carbocycles. The third kappa shape index (κ3) is 4.02. The van der Waals surface area contributed by atoms with Crippen LogP contribution in [0.2, 0.25) is 0 Å². The van der Waals surface area contributed by atoms with Crippen LogP contribution >= 0.6 is 0 Å². The number of carbonyl (C=O) groups is 1. The van der Waals surface area contributed by atoms with Gasteiger partial charge in [-0.25, -0.2) is 0 Å². The van der Waals surface area contributed by atoms with E-state index in [4.69, 9.17) is 10.5 Å². The molecular formula is C13H16N4O2. The number of nitrogens with zero attached hydrogens (tertiary/aromatic N) is 1. The van der Waals surface area contributed by atoms with E-state index in [1.807, 2.05) is 12.1 Å². The quantitative estimate of drug-likeness (QED) is 0.677. The predicted molar refractivity (Wildman–Crippen MR) is 71.4 cm³/mol. The lowest BCUT2D eigenvalue weighted by Crippen LogP contribution is -2.24. The fraction of sp³-hybridized carbons (Fsp3) is 0.231. The lowest BCUT2D eigenvalue weighted by Gasteiger charge is -2.08. The van der Waals surface area contributed by atoms with Gasteiger partial charge in [-0.1, -0.05) is 12.1 Å². The van der Waals surface area contributed by atoms with E-state index < -0.39 is 0 Å². The second-order valence-corrected chi connectivity index (χ2v) is 4.02. The van der Waals surface area contributed by atoms with Gasteiger partial charge in [0.15, 0.2) is 0 Å². The second kappa shape index (κ2) is 6.44. The lowest BCUT2D eigenvalue weighted by atomic mass is 10.3. The van der Waals surface area contributed by atoms with Crippen molar-refractivity contribution in [3.05, 3.63) is 42.2 Å². The fourth-order valence-electron chi connectivity index (χ4n) is 1.53. The van der Waals surface area contributed by atoms with E-state index in [9.17, 15) is 4.79 Å². The largest absolute Gasteiger partial charge is 0.491 e. The van der Waals surface area contributed by atoms with Crippen LogP contribution in [-0.4, -0.2) is 22.7 Å². The minimum absolute atomic E-state index is 0.0734. The number of aromatic nitrogens is 2. The Balaban J connectivity index is 1.68. The average molecular weight is 260 g/mol. The molecule has 0 aliphatic rings. The minimum Gasteiger partial charge on any atom is -0.491 e. The predicted octanol–water partition coefficient (Wildman–Crippen LogP) is 1.08. The summed E-state index contributed by atoms with van der Waals surface area (Å²) < 4.78 is 5.44. The van der Waals surface area contributed by atoms with Crippen LogP contribution in [0.4, 0.5) is 5.69 Å². The van der Waals surface area contributed by atoms with Gasteiger partial charge in [0.2, 0.25) is 5.91 Å². The van der Waals surface area contributed by atoms with E-state index in [0.717, 1.165) is 5.56 Å². The van der Waals surface area contributed by atoms with Crippen LogP contribution in [0.1, 0.15) is 12.0 Å². The molecule has 1 heterocycles. The summed E-state index contributed by atoms with van der Waals surface area (Å²) in [7, 11) is 0. The molecule has 0 saturated heterocycles. The van der Waals surface area contributed by atoms with Crippen molar-refractivity contribution < 1.29 is 9.53 Å². The molecule has 2 aromatic rings. The Kier molecular flexibility index (Phi) is 4.39. The molecule has 1 amide bonds. The Morgan fingerprint density at radius 2 is 2.26 bits per heavy atom. The van der Waals surface area contributed by atoms with Crippen LogP contribution in [0.5, 0.6) is 5.75 Å². The summed E-state index contributed by atoms with van der Waals surface area (Å²) in [6.07, 6.45) is 3.69. The van der Waals surface area contributed by atoms with Crippen molar-refractivity contribution in [2.45, 2.75) is 13.0 Å². The first kappa shape index (κ1) is 12.9. The SMILES string of the molecule is Nc1ccccc1OCCC(=O)NCc1cn[nH]c1. The molecule has 1 aromatic heterocycles. The Labute approximate surface area is 111 Å². The zero-order valence-electron chi connectivity index (χ0n) is 10.4. The van der Waals surface area contributed by atoms with E-state index in [2.05, 4.69) is 15.5 Å². The van der Waals surface area contributed by atoms with Crippen LogP contribution in [0.15, 0.2) is 36.7 Å². The van der Waals surface area contributed by atoms with Crippen molar-refractivity contribution >= 4 is 11.6 Å². The first-order chi connectivity index (χ1) is 9.25. The van der Waals surface area contributed by atoms with Gasteiger partial charge >= 0.3 is 0 Å². The molecule has 4 N–H and O–H groups in total. The molecule has 0 fully saturated rings. The number of H-pyrrole nitrogens is 1. The van der Waals surface area contributed by atoms with Gasteiger partial charge in [0.1, 0.15) is 5.75 Å². The highest BCUT2D eigenvalue weighted by Crippen LogP contribution is 2.19. The number of aromatic amines is 1. The first-order valence-electron chi connectivity index (χ1n) is 5.97. The molecule has 0 aliphatic heterocycles. The summed E-state index contributed by atoms with van der Waals surface area (Å²) >= 11 is 0. The van der Waals surface area contributed by atoms with E-state index in [1.165, 1.54) is 0 Å². The van der Waals surface area contributed by atoms with Crippen LogP contribution in [0, 0.1) is 0 Å². The number of carbonyl (C=O) groups excluding carboxylic acids is 1. The number of ether oxygens (including phenoxy) is 1. The van der Waals surface area contributed by atoms with E-state index in [1.54, 1.807) is 24.5 Å². The highest BCUT2D eigenvalue weighted by Gasteiger charge is 2.04. The Morgan fingerprint density at radius 1 is 1.42 bits per heavy atom. The summed E-state index contributed by atoms with van der Waals surface area (Å²) in [4.78, 5) is 11.6. The molecule has 6 heteroatoms. The van der Waals surface area contributed by atoms with Crippen LogP contribution in [0.3, 0.4) is 0 Å². The molecular weight excluding hydrogens is 244 g/mol. The Hall–Kier alpha value is -2.50. The Morgan fingerprint density at radius 3 is 3.00 bits per heavy atom. The summed E-state index contributed by atoms with van der Waals surface area (Å²) in [5, 5.41) is 9.26. The molecule has 2 rings (SSSR count). The summed E-state index contributed by atoms with van der Waals surface area (Å²) in [5.74, 6) is 0.529. The van der Waals surface area contributed by atoms with Crippen molar-refractivity contribution in [2.24, 2.45) is 0 Å². The first-order valence-corrected chi connectivity index (χ1v) is 5.97. The number of nitrogen functional groups attached to an aromatic ring is 1. The molecule has 19 heavy (non-hydrogen) atoms. The van der Waals surface area contributed by atoms with Gasteiger partial charge in [-0.15, -0.1) is 0 Å².